The van der Waals surface area contributed by atoms with Crippen LogP contribution in [-0.2, 0) is 11.3 Å². The van der Waals surface area contributed by atoms with E-state index < -0.39 is 5.60 Å². The monoisotopic (exact) mass is 247 g/mol. The molecule has 1 heterocycles. The van der Waals surface area contributed by atoms with E-state index in [0.717, 1.165) is 16.5 Å². The van der Waals surface area contributed by atoms with Crippen molar-refractivity contribution in [2.24, 2.45) is 0 Å². The van der Waals surface area contributed by atoms with Crippen LogP contribution in [0, 0.1) is 0 Å². The van der Waals surface area contributed by atoms with E-state index in [1.165, 1.54) is 0 Å². The quantitative estimate of drug-likeness (QED) is 0.802. The zero-order chi connectivity index (χ0) is 13.3. The molecule has 0 radical (unpaired) electrons. The molecule has 0 saturated heterocycles. The molecule has 0 aliphatic rings. The smallest absolute Gasteiger partial charge is 0.340 e. The normalized spacial score (nSPS) is 11.8. The van der Waals surface area contributed by atoms with E-state index in [2.05, 4.69) is 4.98 Å². The molecule has 0 bridgehead atoms. The SMILES string of the molecule is CC(C)(C)OC(=O)c1c[nH]c2cccc(CO)c12. The fourth-order valence-corrected chi connectivity index (χ4v) is 1.89. The second-order valence-electron chi connectivity index (χ2n) is 5.20. The van der Waals surface area contributed by atoms with Gasteiger partial charge >= 0.3 is 5.97 Å². The summed E-state index contributed by atoms with van der Waals surface area (Å²) < 4.78 is 5.35. The van der Waals surface area contributed by atoms with Crippen LogP contribution in [0.3, 0.4) is 0 Å². The molecular weight excluding hydrogens is 230 g/mol. The summed E-state index contributed by atoms with van der Waals surface area (Å²) >= 11 is 0. The molecule has 0 fully saturated rings. The maximum atomic E-state index is 12.1. The van der Waals surface area contributed by atoms with E-state index in [1.54, 1.807) is 12.3 Å². The van der Waals surface area contributed by atoms with Crippen molar-refractivity contribution in [2.75, 3.05) is 0 Å². The van der Waals surface area contributed by atoms with Crippen molar-refractivity contribution in [1.29, 1.82) is 0 Å². The Hall–Kier alpha value is -1.81. The lowest BCUT2D eigenvalue weighted by atomic mass is 10.1. The number of H-pyrrole nitrogens is 1. The minimum atomic E-state index is -0.533. The van der Waals surface area contributed by atoms with E-state index in [4.69, 9.17) is 4.74 Å². The number of hydrogen-bond donors (Lipinski definition) is 2. The van der Waals surface area contributed by atoms with Crippen molar-refractivity contribution in [3.63, 3.8) is 0 Å². The molecule has 0 spiro atoms. The topological polar surface area (TPSA) is 62.3 Å². The zero-order valence-corrected chi connectivity index (χ0v) is 10.8. The molecule has 96 valence electrons. The number of hydrogen-bond acceptors (Lipinski definition) is 3. The van der Waals surface area contributed by atoms with Gasteiger partial charge in [0.05, 0.1) is 12.2 Å². The van der Waals surface area contributed by atoms with Gasteiger partial charge in [-0.3, -0.25) is 0 Å². The van der Waals surface area contributed by atoms with Crippen LogP contribution < -0.4 is 0 Å². The summed E-state index contributed by atoms with van der Waals surface area (Å²) in [5.41, 5.74) is 1.47. The van der Waals surface area contributed by atoms with Gasteiger partial charge in [0.15, 0.2) is 0 Å². The van der Waals surface area contributed by atoms with E-state index in [-0.39, 0.29) is 12.6 Å². The number of esters is 1. The highest BCUT2D eigenvalue weighted by atomic mass is 16.6. The number of aliphatic hydroxyl groups is 1. The van der Waals surface area contributed by atoms with Gasteiger partial charge in [-0.15, -0.1) is 0 Å². The zero-order valence-electron chi connectivity index (χ0n) is 10.8. The fourth-order valence-electron chi connectivity index (χ4n) is 1.89. The Morgan fingerprint density at radius 3 is 2.72 bits per heavy atom. The van der Waals surface area contributed by atoms with Crippen molar-refractivity contribution < 1.29 is 14.6 Å². The van der Waals surface area contributed by atoms with Gasteiger partial charge in [-0.2, -0.15) is 0 Å². The first-order valence-corrected chi connectivity index (χ1v) is 5.85. The second-order valence-corrected chi connectivity index (χ2v) is 5.20. The minimum absolute atomic E-state index is 0.106. The van der Waals surface area contributed by atoms with Gasteiger partial charge in [0, 0.05) is 17.1 Å². The summed E-state index contributed by atoms with van der Waals surface area (Å²) in [6.45, 7) is 5.37. The number of rotatable bonds is 2. The number of carbonyl (C=O) groups excluding carboxylic acids is 1. The summed E-state index contributed by atoms with van der Waals surface area (Å²) in [5, 5.41) is 10.1. The highest BCUT2D eigenvalue weighted by Gasteiger charge is 2.21. The fraction of sp³-hybridized carbons (Fsp3) is 0.357. The molecule has 0 unspecified atom stereocenters. The molecule has 1 aromatic heterocycles. The molecule has 2 rings (SSSR count). The van der Waals surface area contributed by atoms with Crippen LogP contribution in [-0.4, -0.2) is 21.7 Å². The minimum Gasteiger partial charge on any atom is -0.456 e. The Bertz CT molecular complexity index is 578. The summed E-state index contributed by atoms with van der Waals surface area (Å²) in [6.07, 6.45) is 1.62. The lowest BCUT2D eigenvalue weighted by Crippen LogP contribution is -2.23. The number of benzene rings is 1. The maximum absolute atomic E-state index is 12.1. The van der Waals surface area contributed by atoms with Gasteiger partial charge in [-0.1, -0.05) is 12.1 Å². The van der Waals surface area contributed by atoms with Crippen molar-refractivity contribution >= 4 is 16.9 Å². The number of aromatic amines is 1. The van der Waals surface area contributed by atoms with Crippen LogP contribution in [0.2, 0.25) is 0 Å². The Morgan fingerprint density at radius 1 is 1.39 bits per heavy atom. The van der Waals surface area contributed by atoms with Gasteiger partial charge in [-0.05, 0) is 32.4 Å². The molecule has 2 aromatic rings. The Labute approximate surface area is 106 Å². The number of fused-ring (bicyclic) bond motifs is 1. The first kappa shape index (κ1) is 12.6. The summed E-state index contributed by atoms with van der Waals surface area (Å²) in [5.74, 6) is -0.380. The molecule has 0 aliphatic heterocycles. The summed E-state index contributed by atoms with van der Waals surface area (Å²) in [4.78, 5) is 15.1. The summed E-state index contributed by atoms with van der Waals surface area (Å²) in [6, 6.07) is 5.50. The van der Waals surface area contributed by atoms with Crippen LogP contribution in [0.1, 0.15) is 36.7 Å². The van der Waals surface area contributed by atoms with Crippen molar-refractivity contribution in [3.8, 4) is 0 Å². The van der Waals surface area contributed by atoms with E-state index in [9.17, 15) is 9.90 Å². The number of aliphatic hydroxyl groups excluding tert-OH is 1. The van der Waals surface area contributed by atoms with Gasteiger partial charge in [0.25, 0.3) is 0 Å². The highest BCUT2D eigenvalue weighted by molar-refractivity contribution is 6.05. The molecule has 18 heavy (non-hydrogen) atoms. The largest absolute Gasteiger partial charge is 0.456 e. The van der Waals surface area contributed by atoms with Crippen molar-refractivity contribution in [3.05, 3.63) is 35.5 Å². The molecule has 1 aromatic carbocycles. The Kier molecular flexibility index (Phi) is 3.13. The Morgan fingerprint density at radius 2 is 2.11 bits per heavy atom. The standard InChI is InChI=1S/C14H17NO3/c1-14(2,3)18-13(17)10-7-15-11-6-4-5-9(8-16)12(10)11/h4-7,15-16H,8H2,1-3H3. The van der Waals surface area contributed by atoms with Gasteiger partial charge < -0.3 is 14.8 Å². The third kappa shape index (κ3) is 2.38. The molecule has 2 N–H and O–H groups in total. The molecule has 0 saturated carbocycles. The maximum Gasteiger partial charge on any atom is 0.340 e. The number of aromatic nitrogens is 1. The van der Waals surface area contributed by atoms with Crippen LogP contribution >= 0.6 is 0 Å². The van der Waals surface area contributed by atoms with Crippen LogP contribution in [0.5, 0.6) is 0 Å². The van der Waals surface area contributed by atoms with Crippen LogP contribution in [0.15, 0.2) is 24.4 Å². The highest BCUT2D eigenvalue weighted by Crippen LogP contribution is 2.24. The molecule has 0 amide bonds. The van der Waals surface area contributed by atoms with Crippen LogP contribution in [0.25, 0.3) is 10.9 Å². The predicted molar refractivity (Wildman–Crippen MR) is 69.4 cm³/mol. The molecule has 4 heteroatoms. The second kappa shape index (κ2) is 4.46. The lowest BCUT2D eigenvalue weighted by molar-refractivity contribution is 0.00718. The van der Waals surface area contributed by atoms with Crippen LogP contribution in [0.4, 0.5) is 0 Å². The average Bonchev–Trinajstić information content (AvgIpc) is 2.70. The third-order valence-electron chi connectivity index (χ3n) is 2.58. The van der Waals surface area contributed by atoms with Crippen molar-refractivity contribution in [2.45, 2.75) is 33.0 Å². The van der Waals surface area contributed by atoms with Gasteiger partial charge in [-0.25, -0.2) is 4.79 Å². The third-order valence-corrected chi connectivity index (χ3v) is 2.58. The first-order chi connectivity index (χ1) is 8.42. The van der Waals surface area contributed by atoms with E-state index in [0.29, 0.717) is 5.56 Å². The molecule has 0 atom stereocenters. The number of ether oxygens (including phenoxy) is 1. The summed E-state index contributed by atoms with van der Waals surface area (Å²) in [7, 11) is 0. The van der Waals surface area contributed by atoms with Gasteiger partial charge in [0.2, 0.25) is 0 Å². The Balaban J connectivity index is 2.48. The molecule has 0 aliphatic carbocycles. The van der Waals surface area contributed by atoms with E-state index in [1.807, 2.05) is 32.9 Å². The number of nitrogens with one attached hydrogen (secondary N) is 1. The molecular formula is C14H17NO3. The predicted octanol–water partition coefficient (Wildman–Crippen LogP) is 2.62. The average molecular weight is 247 g/mol. The van der Waals surface area contributed by atoms with Gasteiger partial charge in [0.1, 0.15) is 5.60 Å². The lowest BCUT2D eigenvalue weighted by Gasteiger charge is -2.19. The van der Waals surface area contributed by atoms with Crippen molar-refractivity contribution in [1.82, 2.24) is 4.98 Å². The van der Waals surface area contributed by atoms with E-state index >= 15 is 0 Å². The first-order valence-electron chi connectivity index (χ1n) is 5.85. The number of carbonyl (C=O) groups is 1. The molecule has 4 nitrogen and oxygen atoms in total.